The van der Waals surface area contributed by atoms with Crippen molar-refractivity contribution in [2.75, 3.05) is 33.3 Å². The maximum atomic E-state index is 12.2. The maximum Gasteiger partial charge on any atom is 0.225 e. The van der Waals surface area contributed by atoms with E-state index in [9.17, 15) is 10.1 Å². The van der Waals surface area contributed by atoms with Gasteiger partial charge in [-0.1, -0.05) is 13.3 Å². The summed E-state index contributed by atoms with van der Waals surface area (Å²) in [6, 6.07) is 2.36. The van der Waals surface area contributed by atoms with Gasteiger partial charge in [0.1, 0.15) is 0 Å². The Labute approximate surface area is 122 Å². The van der Waals surface area contributed by atoms with E-state index in [4.69, 9.17) is 4.74 Å². The van der Waals surface area contributed by atoms with Crippen molar-refractivity contribution in [2.45, 2.75) is 51.7 Å². The number of nitriles is 1. The number of piperazine rings is 1. The summed E-state index contributed by atoms with van der Waals surface area (Å²) in [7, 11) is 1.63. The fraction of sp³-hybridized carbons (Fsp3) is 0.867. The molecule has 0 saturated carbocycles. The molecule has 0 aromatic carbocycles. The van der Waals surface area contributed by atoms with Gasteiger partial charge >= 0.3 is 0 Å². The molecule has 1 heterocycles. The number of ether oxygens (including phenoxy) is 1. The van der Waals surface area contributed by atoms with E-state index in [0.717, 1.165) is 25.9 Å². The van der Waals surface area contributed by atoms with Gasteiger partial charge in [0.25, 0.3) is 0 Å². The quantitative estimate of drug-likeness (QED) is 0.742. The molecular formula is C15H27N3O2. The summed E-state index contributed by atoms with van der Waals surface area (Å²) >= 11 is 0. The molecule has 0 spiro atoms. The first kappa shape index (κ1) is 16.9. The van der Waals surface area contributed by atoms with Crippen LogP contribution in [0.25, 0.3) is 0 Å². The summed E-state index contributed by atoms with van der Waals surface area (Å²) in [5.74, 6) is 0.139. The van der Waals surface area contributed by atoms with Crippen molar-refractivity contribution in [1.82, 2.24) is 9.80 Å². The zero-order valence-electron chi connectivity index (χ0n) is 13.2. The Bertz CT molecular complexity index is 355. The fourth-order valence-electron chi connectivity index (χ4n) is 2.43. The van der Waals surface area contributed by atoms with Crippen molar-refractivity contribution >= 4 is 5.91 Å². The first-order valence-corrected chi connectivity index (χ1v) is 7.40. The fourth-order valence-corrected chi connectivity index (χ4v) is 2.43. The van der Waals surface area contributed by atoms with Gasteiger partial charge in [0.2, 0.25) is 5.91 Å². The number of carbonyl (C=O) groups is 1. The Morgan fingerprint density at radius 1 is 1.35 bits per heavy atom. The standard InChI is InChI=1S/C15H27N3O2/c1-5-6-13(12-16)17-7-9-18(10-8-17)14(19)11-15(2,3)20-4/h13H,5-11H2,1-4H3. The first-order chi connectivity index (χ1) is 9.43. The van der Waals surface area contributed by atoms with Gasteiger partial charge < -0.3 is 9.64 Å². The highest BCUT2D eigenvalue weighted by molar-refractivity contribution is 5.77. The van der Waals surface area contributed by atoms with Gasteiger partial charge in [-0.05, 0) is 20.3 Å². The van der Waals surface area contributed by atoms with Crippen LogP contribution in [0.3, 0.4) is 0 Å². The third-order valence-electron chi connectivity index (χ3n) is 3.95. The second-order valence-corrected chi connectivity index (χ2v) is 5.99. The zero-order chi connectivity index (χ0) is 15.2. The van der Waals surface area contributed by atoms with Gasteiger partial charge in [-0.15, -0.1) is 0 Å². The van der Waals surface area contributed by atoms with Crippen LogP contribution in [0.15, 0.2) is 0 Å². The minimum absolute atomic E-state index is 0.00679. The number of amides is 1. The molecule has 5 nitrogen and oxygen atoms in total. The lowest BCUT2D eigenvalue weighted by molar-refractivity contribution is -0.138. The number of carbonyl (C=O) groups excluding carboxylic acids is 1. The third kappa shape index (κ3) is 4.77. The van der Waals surface area contributed by atoms with E-state index in [2.05, 4.69) is 17.9 Å². The molecule has 1 rings (SSSR count). The molecule has 20 heavy (non-hydrogen) atoms. The maximum absolute atomic E-state index is 12.2. The Balaban J connectivity index is 2.46. The number of hydrogen-bond donors (Lipinski definition) is 0. The Kier molecular flexibility index (Phi) is 6.44. The third-order valence-corrected chi connectivity index (χ3v) is 3.95. The number of methoxy groups -OCH3 is 1. The second kappa shape index (κ2) is 7.61. The summed E-state index contributed by atoms with van der Waals surface area (Å²) in [5, 5.41) is 9.18. The molecular weight excluding hydrogens is 254 g/mol. The van der Waals surface area contributed by atoms with Gasteiger partial charge in [-0.3, -0.25) is 9.69 Å². The Morgan fingerprint density at radius 2 is 1.95 bits per heavy atom. The van der Waals surface area contributed by atoms with Gasteiger partial charge in [0, 0.05) is 33.3 Å². The number of nitrogens with zero attached hydrogens (tertiary/aromatic N) is 3. The minimum Gasteiger partial charge on any atom is -0.378 e. The summed E-state index contributed by atoms with van der Waals surface area (Å²) in [6.45, 7) is 8.94. The van der Waals surface area contributed by atoms with Crippen LogP contribution in [0.4, 0.5) is 0 Å². The van der Waals surface area contributed by atoms with Gasteiger partial charge in [0.05, 0.1) is 24.1 Å². The molecule has 0 radical (unpaired) electrons. The van der Waals surface area contributed by atoms with E-state index in [1.54, 1.807) is 7.11 Å². The van der Waals surface area contributed by atoms with Crippen LogP contribution in [0.5, 0.6) is 0 Å². The Hall–Kier alpha value is -1.12. The first-order valence-electron chi connectivity index (χ1n) is 7.40. The normalized spacial score (nSPS) is 18.6. The van der Waals surface area contributed by atoms with Gasteiger partial charge in [-0.2, -0.15) is 5.26 Å². The van der Waals surface area contributed by atoms with Crippen LogP contribution in [0.1, 0.15) is 40.0 Å². The van der Waals surface area contributed by atoms with Crippen LogP contribution >= 0.6 is 0 Å². The lowest BCUT2D eigenvalue weighted by Crippen LogP contribution is -2.52. The summed E-state index contributed by atoms with van der Waals surface area (Å²) < 4.78 is 5.31. The van der Waals surface area contributed by atoms with E-state index in [0.29, 0.717) is 19.5 Å². The molecule has 0 aliphatic carbocycles. The van der Waals surface area contributed by atoms with Crippen molar-refractivity contribution in [3.8, 4) is 6.07 Å². The molecule has 114 valence electrons. The summed E-state index contributed by atoms with van der Waals surface area (Å²) in [5.41, 5.74) is -0.411. The molecule has 0 bridgehead atoms. The molecule has 0 N–H and O–H groups in total. The lowest BCUT2D eigenvalue weighted by atomic mass is 10.0. The molecule has 0 aromatic rings. The molecule has 0 aromatic heterocycles. The summed E-state index contributed by atoms with van der Waals surface area (Å²) in [4.78, 5) is 16.3. The van der Waals surface area contributed by atoms with Gasteiger partial charge in [-0.25, -0.2) is 0 Å². The van der Waals surface area contributed by atoms with Crippen molar-refractivity contribution in [3.05, 3.63) is 0 Å². The highest BCUT2D eigenvalue weighted by atomic mass is 16.5. The smallest absolute Gasteiger partial charge is 0.225 e. The van der Waals surface area contributed by atoms with Crippen LogP contribution in [0, 0.1) is 11.3 Å². The van der Waals surface area contributed by atoms with Crippen LogP contribution < -0.4 is 0 Å². The average molecular weight is 281 g/mol. The highest BCUT2D eigenvalue weighted by Crippen LogP contribution is 2.17. The van der Waals surface area contributed by atoms with Crippen LogP contribution in [-0.2, 0) is 9.53 Å². The molecule has 1 aliphatic rings. The molecule has 1 aliphatic heterocycles. The molecule has 1 fully saturated rings. The monoisotopic (exact) mass is 281 g/mol. The molecule has 1 amide bonds. The minimum atomic E-state index is -0.411. The predicted molar refractivity (Wildman–Crippen MR) is 78.2 cm³/mol. The summed E-state index contributed by atoms with van der Waals surface area (Å²) in [6.07, 6.45) is 2.32. The lowest BCUT2D eigenvalue weighted by Gasteiger charge is -2.38. The van der Waals surface area contributed by atoms with E-state index >= 15 is 0 Å². The molecule has 1 saturated heterocycles. The molecule has 5 heteroatoms. The Morgan fingerprint density at radius 3 is 2.40 bits per heavy atom. The molecule has 1 atom stereocenters. The van der Waals surface area contributed by atoms with E-state index in [-0.39, 0.29) is 11.9 Å². The highest BCUT2D eigenvalue weighted by Gasteiger charge is 2.29. The SMILES string of the molecule is CCCC(C#N)N1CCN(C(=O)CC(C)(C)OC)CC1. The van der Waals surface area contributed by atoms with Crippen LogP contribution in [0.2, 0.25) is 0 Å². The van der Waals surface area contributed by atoms with E-state index in [1.807, 2.05) is 18.7 Å². The van der Waals surface area contributed by atoms with Crippen molar-refractivity contribution in [1.29, 1.82) is 5.26 Å². The number of rotatable bonds is 6. The van der Waals surface area contributed by atoms with Gasteiger partial charge in [0.15, 0.2) is 0 Å². The van der Waals surface area contributed by atoms with Crippen molar-refractivity contribution in [2.24, 2.45) is 0 Å². The van der Waals surface area contributed by atoms with Crippen LogP contribution in [-0.4, -0.2) is 60.6 Å². The zero-order valence-corrected chi connectivity index (χ0v) is 13.2. The average Bonchev–Trinajstić information content (AvgIpc) is 2.44. The van der Waals surface area contributed by atoms with E-state index in [1.165, 1.54) is 0 Å². The van der Waals surface area contributed by atoms with Crippen molar-refractivity contribution < 1.29 is 9.53 Å². The van der Waals surface area contributed by atoms with E-state index < -0.39 is 5.60 Å². The second-order valence-electron chi connectivity index (χ2n) is 5.99. The molecule has 1 unspecified atom stereocenters. The van der Waals surface area contributed by atoms with Crippen molar-refractivity contribution in [3.63, 3.8) is 0 Å². The largest absolute Gasteiger partial charge is 0.378 e. The topological polar surface area (TPSA) is 56.6 Å². The predicted octanol–water partition coefficient (Wildman–Crippen LogP) is 1.64. The number of hydrogen-bond acceptors (Lipinski definition) is 4.